The largest absolute Gasteiger partial charge is 0.458 e. The molecule has 0 aliphatic rings. The van der Waals surface area contributed by atoms with Crippen molar-refractivity contribution in [1.29, 1.82) is 0 Å². The fourth-order valence-electron chi connectivity index (χ4n) is 2.18. The molecule has 0 aliphatic heterocycles. The van der Waals surface area contributed by atoms with Crippen molar-refractivity contribution in [3.05, 3.63) is 65.2 Å². The molecule has 0 atom stereocenters. The SMILES string of the molecule is O=C(CCC(=O)c1ccccc1)OCc1nc2ccccc2s1. The van der Waals surface area contributed by atoms with Gasteiger partial charge < -0.3 is 4.74 Å². The van der Waals surface area contributed by atoms with Crippen LogP contribution in [-0.2, 0) is 16.1 Å². The molecule has 0 bridgehead atoms. The average molecular weight is 325 g/mol. The Kier molecular flexibility index (Phi) is 4.78. The van der Waals surface area contributed by atoms with E-state index in [0.29, 0.717) is 5.56 Å². The number of benzene rings is 2. The summed E-state index contributed by atoms with van der Waals surface area (Å²) in [7, 11) is 0. The molecule has 3 aromatic rings. The molecule has 0 fully saturated rings. The minimum atomic E-state index is -0.381. The van der Waals surface area contributed by atoms with E-state index in [-0.39, 0.29) is 31.2 Å². The van der Waals surface area contributed by atoms with Crippen LogP contribution in [0.2, 0.25) is 0 Å². The van der Waals surface area contributed by atoms with Crippen LogP contribution in [0.15, 0.2) is 54.6 Å². The molecule has 0 unspecified atom stereocenters. The molecule has 0 saturated heterocycles. The van der Waals surface area contributed by atoms with Gasteiger partial charge in [0.15, 0.2) is 5.78 Å². The maximum absolute atomic E-state index is 11.9. The lowest BCUT2D eigenvalue weighted by Gasteiger charge is -2.02. The van der Waals surface area contributed by atoms with E-state index in [1.807, 2.05) is 30.3 Å². The number of hydrogen-bond donors (Lipinski definition) is 0. The summed E-state index contributed by atoms with van der Waals surface area (Å²) in [5, 5.41) is 0.758. The van der Waals surface area contributed by atoms with Crippen molar-refractivity contribution in [2.45, 2.75) is 19.4 Å². The highest BCUT2D eigenvalue weighted by molar-refractivity contribution is 7.18. The van der Waals surface area contributed by atoms with Crippen molar-refractivity contribution in [3.63, 3.8) is 0 Å². The quantitative estimate of drug-likeness (QED) is 0.508. The lowest BCUT2D eigenvalue weighted by Crippen LogP contribution is -2.08. The number of carbonyl (C=O) groups is 2. The van der Waals surface area contributed by atoms with Crippen molar-refractivity contribution >= 4 is 33.3 Å². The average Bonchev–Trinajstić information content (AvgIpc) is 3.01. The fourth-order valence-corrected chi connectivity index (χ4v) is 3.06. The number of hydrogen-bond acceptors (Lipinski definition) is 5. The van der Waals surface area contributed by atoms with Crippen LogP contribution in [0.4, 0.5) is 0 Å². The zero-order valence-corrected chi connectivity index (χ0v) is 13.2. The molecular weight excluding hydrogens is 310 g/mol. The molecule has 4 nitrogen and oxygen atoms in total. The summed E-state index contributed by atoms with van der Waals surface area (Å²) in [5.41, 5.74) is 1.52. The lowest BCUT2D eigenvalue weighted by molar-refractivity contribution is -0.144. The Labute approximate surface area is 137 Å². The van der Waals surface area contributed by atoms with Gasteiger partial charge in [-0.3, -0.25) is 9.59 Å². The van der Waals surface area contributed by atoms with Crippen molar-refractivity contribution in [2.75, 3.05) is 0 Å². The van der Waals surface area contributed by atoms with Crippen molar-refractivity contribution in [1.82, 2.24) is 4.98 Å². The number of esters is 1. The van der Waals surface area contributed by atoms with E-state index in [4.69, 9.17) is 4.74 Å². The summed E-state index contributed by atoms with van der Waals surface area (Å²) >= 11 is 1.51. The number of para-hydroxylation sites is 1. The number of nitrogens with zero attached hydrogens (tertiary/aromatic N) is 1. The van der Waals surface area contributed by atoms with Crippen LogP contribution in [0.3, 0.4) is 0 Å². The molecule has 1 aromatic heterocycles. The summed E-state index contributed by atoms with van der Waals surface area (Å²) in [5.74, 6) is -0.434. The molecule has 0 spiro atoms. The Hall–Kier alpha value is -2.53. The number of aromatic nitrogens is 1. The van der Waals surface area contributed by atoms with E-state index in [9.17, 15) is 9.59 Å². The highest BCUT2D eigenvalue weighted by Gasteiger charge is 2.11. The normalized spacial score (nSPS) is 10.6. The molecule has 0 N–H and O–H groups in total. The number of thiazole rings is 1. The van der Waals surface area contributed by atoms with Crippen LogP contribution >= 0.6 is 11.3 Å². The van der Waals surface area contributed by atoms with Gasteiger partial charge in [0.25, 0.3) is 0 Å². The van der Waals surface area contributed by atoms with Gasteiger partial charge in [0.1, 0.15) is 11.6 Å². The van der Waals surface area contributed by atoms with Gasteiger partial charge in [-0.2, -0.15) is 0 Å². The topological polar surface area (TPSA) is 56.3 Å². The van der Waals surface area contributed by atoms with Crippen LogP contribution in [0.1, 0.15) is 28.2 Å². The van der Waals surface area contributed by atoms with Crippen molar-refractivity contribution < 1.29 is 14.3 Å². The van der Waals surface area contributed by atoms with E-state index < -0.39 is 0 Å². The van der Waals surface area contributed by atoms with E-state index >= 15 is 0 Å². The number of ether oxygens (including phenoxy) is 1. The predicted octanol–water partition coefficient (Wildman–Crippen LogP) is 4.00. The standard InChI is InChI=1S/C18H15NO3S/c20-15(13-6-2-1-3-7-13)10-11-18(21)22-12-17-19-14-8-4-5-9-16(14)23-17/h1-9H,10-12H2. The molecule has 0 saturated carbocycles. The Morgan fingerprint density at radius 3 is 2.48 bits per heavy atom. The maximum atomic E-state index is 11.9. The smallest absolute Gasteiger partial charge is 0.306 e. The summed E-state index contributed by atoms with van der Waals surface area (Å²) in [4.78, 5) is 28.1. The molecule has 0 amide bonds. The van der Waals surface area contributed by atoms with Gasteiger partial charge in [0.05, 0.1) is 16.6 Å². The first kappa shape index (κ1) is 15.4. The first-order valence-corrected chi connectivity index (χ1v) is 8.12. The van der Waals surface area contributed by atoms with E-state index in [0.717, 1.165) is 15.2 Å². The Bertz CT molecular complexity index is 793. The van der Waals surface area contributed by atoms with Crippen LogP contribution in [0.25, 0.3) is 10.2 Å². The molecule has 0 radical (unpaired) electrons. The third-order valence-corrected chi connectivity index (χ3v) is 4.36. The first-order chi connectivity index (χ1) is 11.2. The van der Waals surface area contributed by atoms with Crippen LogP contribution < -0.4 is 0 Å². The monoisotopic (exact) mass is 325 g/mol. The van der Waals surface area contributed by atoms with Crippen LogP contribution in [0.5, 0.6) is 0 Å². The number of rotatable bonds is 6. The summed E-state index contributed by atoms with van der Waals surface area (Å²) in [6.07, 6.45) is 0.237. The highest BCUT2D eigenvalue weighted by Crippen LogP contribution is 2.22. The molecule has 116 valence electrons. The molecule has 23 heavy (non-hydrogen) atoms. The number of carbonyl (C=O) groups excluding carboxylic acids is 2. The summed E-state index contributed by atoms with van der Waals surface area (Å²) in [6, 6.07) is 16.7. The Morgan fingerprint density at radius 2 is 1.70 bits per heavy atom. The minimum absolute atomic E-state index is 0.0532. The predicted molar refractivity (Wildman–Crippen MR) is 89.4 cm³/mol. The van der Waals surface area contributed by atoms with Gasteiger partial charge in [-0.15, -0.1) is 11.3 Å². The maximum Gasteiger partial charge on any atom is 0.306 e. The second kappa shape index (κ2) is 7.15. The van der Waals surface area contributed by atoms with Crippen molar-refractivity contribution in [3.8, 4) is 0 Å². The summed E-state index contributed by atoms with van der Waals surface area (Å²) < 4.78 is 6.27. The number of Topliss-reactive ketones (excluding diaryl/α,β-unsaturated/α-hetero) is 1. The molecule has 1 heterocycles. The van der Waals surface area contributed by atoms with Crippen LogP contribution in [0, 0.1) is 0 Å². The van der Waals surface area contributed by atoms with Gasteiger partial charge in [0.2, 0.25) is 0 Å². The first-order valence-electron chi connectivity index (χ1n) is 7.31. The van der Waals surface area contributed by atoms with Crippen molar-refractivity contribution in [2.24, 2.45) is 0 Å². The third kappa shape index (κ3) is 4.02. The van der Waals surface area contributed by atoms with E-state index in [1.54, 1.807) is 24.3 Å². The van der Waals surface area contributed by atoms with Gasteiger partial charge in [-0.25, -0.2) is 4.98 Å². The van der Waals surface area contributed by atoms with E-state index in [2.05, 4.69) is 4.98 Å². The van der Waals surface area contributed by atoms with Gasteiger partial charge in [0, 0.05) is 12.0 Å². The third-order valence-electron chi connectivity index (χ3n) is 3.35. The van der Waals surface area contributed by atoms with Gasteiger partial charge >= 0.3 is 5.97 Å². The molecule has 5 heteroatoms. The highest BCUT2D eigenvalue weighted by atomic mass is 32.1. The minimum Gasteiger partial charge on any atom is -0.458 e. The second-order valence-corrected chi connectivity index (χ2v) is 6.14. The van der Waals surface area contributed by atoms with Gasteiger partial charge in [-0.05, 0) is 12.1 Å². The number of fused-ring (bicyclic) bond motifs is 1. The van der Waals surface area contributed by atoms with E-state index in [1.165, 1.54) is 11.3 Å². The summed E-state index contributed by atoms with van der Waals surface area (Å²) in [6.45, 7) is 0.151. The zero-order valence-electron chi connectivity index (χ0n) is 12.4. The molecule has 2 aromatic carbocycles. The van der Waals surface area contributed by atoms with Gasteiger partial charge in [-0.1, -0.05) is 42.5 Å². The Morgan fingerprint density at radius 1 is 0.957 bits per heavy atom. The Balaban J connectivity index is 1.49. The lowest BCUT2D eigenvalue weighted by atomic mass is 10.1. The van der Waals surface area contributed by atoms with Crippen LogP contribution in [-0.4, -0.2) is 16.7 Å². The molecule has 0 aliphatic carbocycles. The second-order valence-electron chi connectivity index (χ2n) is 5.03. The fraction of sp³-hybridized carbons (Fsp3) is 0.167. The molecular formula is C18H15NO3S. The molecule has 3 rings (SSSR count). The zero-order chi connectivity index (χ0) is 16.1. The number of ketones is 1.